The summed E-state index contributed by atoms with van der Waals surface area (Å²) in [7, 11) is 0. The number of hydrogen-bond donors (Lipinski definition) is 0. The zero-order valence-electron chi connectivity index (χ0n) is 5.46. The fourth-order valence-electron chi connectivity index (χ4n) is 0.400. The average molecular weight is 193 g/mol. The molecule has 9 heavy (non-hydrogen) atoms. The van der Waals surface area contributed by atoms with Gasteiger partial charge in [-0.05, 0) is 6.92 Å². The van der Waals surface area contributed by atoms with Crippen LogP contribution in [-0.4, -0.2) is 0 Å². The molecule has 0 aliphatic rings. The van der Waals surface area contributed by atoms with Crippen molar-refractivity contribution in [2.75, 3.05) is 0 Å². The predicted octanol–water partition coefficient (Wildman–Crippen LogP) is 1.99. The van der Waals surface area contributed by atoms with Crippen molar-refractivity contribution >= 4 is 0 Å². The fourth-order valence-corrected chi connectivity index (χ4v) is 0.400. The second-order valence-electron chi connectivity index (χ2n) is 1.33. The molecule has 0 fully saturated rings. The Labute approximate surface area is 82.6 Å². The molecule has 1 heteroatoms. The molecule has 45 valence electrons. The quantitative estimate of drug-likeness (QED) is 0.552. The molecule has 1 aromatic rings. The molecule has 0 nitrogen and oxygen atoms in total. The molecule has 0 aliphatic heterocycles. The van der Waals surface area contributed by atoms with Crippen LogP contribution in [0.25, 0.3) is 0 Å². The molecule has 0 aliphatic carbocycles. The van der Waals surface area contributed by atoms with Crippen molar-refractivity contribution in [1.82, 2.24) is 0 Å². The van der Waals surface area contributed by atoms with Gasteiger partial charge in [-0.1, -0.05) is 0 Å². The summed E-state index contributed by atoms with van der Waals surface area (Å²) in [5, 5.41) is 0. The number of rotatable bonds is 0. The minimum atomic E-state index is 0. The van der Waals surface area contributed by atoms with Gasteiger partial charge in [0.05, 0.1) is 0 Å². The third-order valence-electron chi connectivity index (χ3n) is 0.744. The van der Waals surface area contributed by atoms with E-state index >= 15 is 0 Å². The third kappa shape index (κ3) is 4.80. The molecule has 0 unspecified atom stereocenters. The van der Waals surface area contributed by atoms with Crippen LogP contribution in [0.3, 0.4) is 0 Å². The molecule has 0 spiro atoms. The Morgan fingerprint density at radius 1 is 1.22 bits per heavy atom. The summed E-state index contributed by atoms with van der Waals surface area (Å²) in [6, 6.07) is 10.0. The van der Waals surface area contributed by atoms with Crippen molar-refractivity contribution in [3.05, 3.63) is 50.2 Å². The van der Waals surface area contributed by atoms with Crippen molar-refractivity contribution in [1.29, 1.82) is 0 Å². The Balaban J connectivity index is 0. The Kier molecular flexibility index (Phi) is 8.62. The monoisotopic (exact) mass is 193 g/mol. The first-order valence-electron chi connectivity index (χ1n) is 2.11. The molecular formula is C8H8Y-2. The van der Waals surface area contributed by atoms with Crippen LogP contribution in [0.4, 0.5) is 0 Å². The van der Waals surface area contributed by atoms with Gasteiger partial charge >= 0.3 is 0 Å². The summed E-state index contributed by atoms with van der Waals surface area (Å²) >= 11 is 0. The molecule has 1 aromatic carbocycles. The van der Waals surface area contributed by atoms with Crippen LogP contribution in [0, 0.1) is 20.4 Å². The van der Waals surface area contributed by atoms with Gasteiger partial charge in [0.25, 0.3) is 0 Å². The van der Waals surface area contributed by atoms with Crippen LogP contribution in [0.1, 0.15) is 5.56 Å². The molecule has 0 amide bonds. The van der Waals surface area contributed by atoms with Crippen LogP contribution >= 0.6 is 0 Å². The zero-order valence-corrected chi connectivity index (χ0v) is 8.30. The van der Waals surface area contributed by atoms with Crippen LogP contribution < -0.4 is 0 Å². The van der Waals surface area contributed by atoms with Gasteiger partial charge in [-0.3, -0.25) is 0 Å². The van der Waals surface area contributed by atoms with Gasteiger partial charge in [0.15, 0.2) is 0 Å². The number of hydrogen-bond acceptors (Lipinski definition) is 0. The maximum absolute atomic E-state index is 5.34. The molecule has 0 saturated heterocycles. The Morgan fingerprint density at radius 3 is 1.89 bits per heavy atom. The SMILES string of the molecule is [CH3-].[CH]c1cc[c-]cc1.[Y]. The summed E-state index contributed by atoms with van der Waals surface area (Å²) in [5.41, 5.74) is 0.791. The van der Waals surface area contributed by atoms with Crippen molar-refractivity contribution in [2.45, 2.75) is 0 Å². The molecule has 0 heterocycles. The molecule has 0 atom stereocenters. The molecule has 0 N–H and O–H groups in total. The topological polar surface area (TPSA) is 0 Å². The van der Waals surface area contributed by atoms with Crippen LogP contribution in [0.2, 0.25) is 0 Å². The van der Waals surface area contributed by atoms with E-state index in [4.69, 9.17) is 6.92 Å². The van der Waals surface area contributed by atoms with Crippen LogP contribution in [0.5, 0.6) is 0 Å². The predicted molar refractivity (Wildman–Crippen MR) is 35.1 cm³/mol. The third-order valence-corrected chi connectivity index (χ3v) is 0.744. The normalized spacial score (nSPS) is 6.78. The summed E-state index contributed by atoms with van der Waals surface area (Å²) in [6.45, 7) is 5.34. The van der Waals surface area contributed by atoms with E-state index in [0.717, 1.165) is 5.56 Å². The van der Waals surface area contributed by atoms with E-state index < -0.39 is 0 Å². The van der Waals surface area contributed by atoms with Gasteiger partial charge < -0.3 is 7.43 Å². The van der Waals surface area contributed by atoms with Gasteiger partial charge in [0.1, 0.15) is 0 Å². The zero-order chi connectivity index (χ0) is 5.11. The minimum Gasteiger partial charge on any atom is -0.358 e. The molecule has 0 saturated carbocycles. The van der Waals surface area contributed by atoms with Gasteiger partial charge in [-0.25, -0.2) is 0 Å². The van der Waals surface area contributed by atoms with E-state index in [1.165, 1.54) is 0 Å². The van der Waals surface area contributed by atoms with Crippen molar-refractivity contribution in [3.63, 3.8) is 0 Å². The standard InChI is InChI=1S/C7H5.CH3.Y/c1-7-5-3-2-4-6-7;;/h1,3-6H;1H3;/q2*-1;. The van der Waals surface area contributed by atoms with E-state index in [2.05, 4.69) is 6.07 Å². The first kappa shape index (κ1) is 12.0. The molecule has 0 aromatic heterocycles. The van der Waals surface area contributed by atoms with E-state index in [1.807, 2.05) is 0 Å². The smallest absolute Gasteiger partial charge is 0 e. The first-order valence-corrected chi connectivity index (χ1v) is 2.11. The Hall–Kier alpha value is 0.324. The Bertz CT molecular complexity index is 134. The number of benzene rings is 1. The fraction of sp³-hybridized carbons (Fsp3) is 0. The minimum absolute atomic E-state index is 0. The van der Waals surface area contributed by atoms with Crippen molar-refractivity contribution in [3.8, 4) is 0 Å². The van der Waals surface area contributed by atoms with E-state index in [9.17, 15) is 0 Å². The summed E-state index contributed by atoms with van der Waals surface area (Å²) in [4.78, 5) is 0. The molecule has 1 rings (SSSR count). The van der Waals surface area contributed by atoms with Gasteiger partial charge in [0, 0.05) is 32.7 Å². The van der Waals surface area contributed by atoms with Gasteiger partial charge in [-0.2, -0.15) is 35.9 Å². The maximum atomic E-state index is 5.34. The molecular weight excluding hydrogens is 185 g/mol. The summed E-state index contributed by atoms with van der Waals surface area (Å²) < 4.78 is 0. The maximum Gasteiger partial charge on any atom is 0 e. The first-order chi connectivity index (χ1) is 3.39. The summed E-state index contributed by atoms with van der Waals surface area (Å²) in [5.74, 6) is 0. The second-order valence-corrected chi connectivity index (χ2v) is 1.33. The van der Waals surface area contributed by atoms with E-state index in [1.54, 1.807) is 24.3 Å². The van der Waals surface area contributed by atoms with E-state index in [-0.39, 0.29) is 40.1 Å². The largest absolute Gasteiger partial charge is 0.358 e. The summed E-state index contributed by atoms with van der Waals surface area (Å²) in [6.07, 6.45) is 0. The van der Waals surface area contributed by atoms with E-state index in [0.29, 0.717) is 0 Å². The van der Waals surface area contributed by atoms with Crippen LogP contribution in [0.15, 0.2) is 24.3 Å². The average Bonchev–Trinajstić information content (AvgIpc) is 1.69. The van der Waals surface area contributed by atoms with Crippen LogP contribution in [-0.2, 0) is 32.7 Å². The van der Waals surface area contributed by atoms with Crippen molar-refractivity contribution in [2.24, 2.45) is 0 Å². The van der Waals surface area contributed by atoms with Gasteiger partial charge in [0.2, 0.25) is 0 Å². The Morgan fingerprint density at radius 2 is 1.67 bits per heavy atom. The van der Waals surface area contributed by atoms with Crippen molar-refractivity contribution < 1.29 is 32.7 Å². The van der Waals surface area contributed by atoms with Gasteiger partial charge in [-0.15, -0.1) is 0 Å². The molecule has 3 radical (unpaired) electrons. The second kappa shape index (κ2) is 6.44. The molecule has 0 bridgehead atoms.